The Balaban J connectivity index is 0.00000289. The van der Waals surface area contributed by atoms with E-state index in [2.05, 4.69) is 32.5 Å². The van der Waals surface area contributed by atoms with E-state index in [0.717, 1.165) is 35.1 Å². The summed E-state index contributed by atoms with van der Waals surface area (Å²) >= 11 is 6.13. The molecule has 8 nitrogen and oxygen atoms in total. The second kappa shape index (κ2) is 11.3. The molecule has 0 aliphatic carbocycles. The van der Waals surface area contributed by atoms with Gasteiger partial charge in [-0.15, -0.1) is 5.10 Å². The molecular formula is C22H22ClKN6O2. The van der Waals surface area contributed by atoms with E-state index < -0.39 is 5.97 Å². The zero-order valence-electron chi connectivity index (χ0n) is 16.9. The van der Waals surface area contributed by atoms with E-state index in [4.69, 9.17) is 11.6 Å². The molecule has 2 aromatic heterocycles. The van der Waals surface area contributed by atoms with Gasteiger partial charge in [-0.05, 0) is 33.5 Å². The Hall–Kier alpha value is -1.88. The average Bonchev–Trinajstić information content (AvgIpc) is 3.41. The van der Waals surface area contributed by atoms with Crippen LogP contribution >= 0.6 is 11.6 Å². The van der Waals surface area contributed by atoms with Crippen LogP contribution in [0.5, 0.6) is 0 Å². The van der Waals surface area contributed by atoms with Crippen LogP contribution in [0.4, 0.5) is 0 Å². The minimum absolute atomic E-state index is 0. The van der Waals surface area contributed by atoms with Gasteiger partial charge in [0.15, 0.2) is 16.7 Å². The molecule has 2 heterocycles. The van der Waals surface area contributed by atoms with Gasteiger partial charge in [-0.25, -0.2) is 14.9 Å². The van der Waals surface area contributed by atoms with E-state index in [1.807, 2.05) is 48.5 Å². The third-order valence-corrected chi connectivity index (χ3v) is 5.36. The number of carbonyl (C=O) groups is 1. The fourth-order valence-electron chi connectivity index (χ4n) is 3.55. The predicted molar refractivity (Wildman–Crippen MR) is 124 cm³/mol. The Morgan fingerprint density at radius 1 is 1.12 bits per heavy atom. The molecule has 32 heavy (non-hydrogen) atoms. The number of aromatic nitrogens is 6. The fraction of sp³-hybridized carbons (Fsp3) is 0.227. The zero-order valence-corrected chi connectivity index (χ0v) is 17.7. The van der Waals surface area contributed by atoms with E-state index in [-0.39, 0.29) is 62.2 Å². The number of rotatable bonds is 8. The number of aryl methyl sites for hydroxylation is 1. The Kier molecular flexibility index (Phi) is 8.75. The third-order valence-electron chi connectivity index (χ3n) is 5.09. The van der Waals surface area contributed by atoms with Crippen LogP contribution in [0.1, 0.15) is 41.6 Å². The van der Waals surface area contributed by atoms with Crippen LogP contribution in [0.2, 0.25) is 5.15 Å². The number of carboxylic acid groups (broad SMARTS) is 1. The number of nitrogens with zero attached hydrogens (tertiary/aromatic N) is 5. The van der Waals surface area contributed by atoms with Crippen LogP contribution in [0, 0.1) is 0 Å². The molecule has 0 radical (unpaired) electrons. The molecule has 0 bridgehead atoms. The topological polar surface area (TPSA) is 110 Å². The molecule has 160 valence electrons. The van der Waals surface area contributed by atoms with Crippen molar-refractivity contribution in [2.45, 2.75) is 32.7 Å². The molecule has 4 rings (SSSR count). The number of imidazole rings is 1. The summed E-state index contributed by atoms with van der Waals surface area (Å²) < 4.78 is 1.70. The predicted octanol–water partition coefficient (Wildman–Crippen LogP) is 3.82. The number of nitrogens with one attached hydrogen (secondary N) is 1. The summed E-state index contributed by atoms with van der Waals surface area (Å²) in [6.07, 6.45) is 2.58. The first-order valence-corrected chi connectivity index (χ1v) is 10.4. The maximum atomic E-state index is 11.7. The van der Waals surface area contributed by atoms with Crippen LogP contribution in [-0.4, -0.2) is 92.6 Å². The van der Waals surface area contributed by atoms with Crippen LogP contribution in [0.3, 0.4) is 0 Å². The molecule has 0 amide bonds. The van der Waals surface area contributed by atoms with Gasteiger partial charge in [-0.2, -0.15) is 0 Å². The summed E-state index contributed by atoms with van der Waals surface area (Å²) in [5, 5.41) is 23.8. The molecular weight excluding hydrogens is 455 g/mol. The molecule has 0 atom stereocenters. The fourth-order valence-corrected chi connectivity index (χ4v) is 3.83. The standard InChI is InChI=1S/C22H21ClN6O2.K.H/c1-2-3-8-18-24-20(23)19(22(30)31)29(18)13-14-9-11-15(12-10-14)16-6-4-5-7-17(16)21-25-27-28-26-21;;/h4-7,9-12H,2-3,8,13H2,1H3,(H,30,31)(H,25,26,27,28);;. The molecule has 0 aliphatic heterocycles. The van der Waals surface area contributed by atoms with Crippen molar-refractivity contribution in [1.29, 1.82) is 0 Å². The van der Waals surface area contributed by atoms with Crippen molar-refractivity contribution in [2.24, 2.45) is 0 Å². The van der Waals surface area contributed by atoms with E-state index in [1.165, 1.54) is 0 Å². The molecule has 4 aromatic rings. The quantitative estimate of drug-likeness (QED) is 0.374. The number of hydrogen-bond donors (Lipinski definition) is 2. The van der Waals surface area contributed by atoms with E-state index in [1.54, 1.807) is 4.57 Å². The third kappa shape index (κ3) is 5.36. The van der Waals surface area contributed by atoms with Crippen molar-refractivity contribution < 1.29 is 9.90 Å². The number of aromatic carboxylic acids is 1. The number of hydrogen-bond acceptors (Lipinski definition) is 5. The summed E-state index contributed by atoms with van der Waals surface area (Å²) in [6, 6.07) is 15.8. The van der Waals surface area contributed by atoms with Gasteiger partial charge in [-0.1, -0.05) is 73.5 Å². The molecule has 10 heteroatoms. The van der Waals surface area contributed by atoms with Gasteiger partial charge in [-0.3, -0.25) is 0 Å². The number of unbranched alkanes of at least 4 members (excludes halogenated alkanes) is 1. The summed E-state index contributed by atoms with van der Waals surface area (Å²) in [7, 11) is 0. The van der Waals surface area contributed by atoms with Gasteiger partial charge in [0.25, 0.3) is 0 Å². The number of benzene rings is 2. The molecule has 2 N–H and O–H groups in total. The minimum atomic E-state index is -1.08. The zero-order chi connectivity index (χ0) is 21.8. The van der Waals surface area contributed by atoms with Crippen molar-refractivity contribution in [3.8, 4) is 22.5 Å². The first-order chi connectivity index (χ1) is 15.1. The molecule has 0 fully saturated rings. The monoisotopic (exact) mass is 476 g/mol. The molecule has 0 saturated carbocycles. The SMILES string of the molecule is CCCCc1nc(Cl)c(C(=O)O)n1Cc1ccc(-c2ccccc2-c2nnn[nH]2)cc1.[KH]. The van der Waals surface area contributed by atoms with E-state index in [9.17, 15) is 9.90 Å². The summed E-state index contributed by atoms with van der Waals surface area (Å²) in [6.45, 7) is 2.47. The van der Waals surface area contributed by atoms with Crippen LogP contribution in [0.15, 0.2) is 48.5 Å². The van der Waals surface area contributed by atoms with E-state index in [0.29, 0.717) is 24.6 Å². The normalized spacial score (nSPS) is 10.7. The van der Waals surface area contributed by atoms with Gasteiger partial charge in [0.05, 0.1) is 0 Å². The van der Waals surface area contributed by atoms with Crippen molar-refractivity contribution in [1.82, 2.24) is 30.2 Å². The van der Waals surface area contributed by atoms with E-state index >= 15 is 0 Å². The number of carboxylic acids is 1. The summed E-state index contributed by atoms with van der Waals surface area (Å²) in [5.41, 5.74) is 3.88. The van der Waals surface area contributed by atoms with Crippen molar-refractivity contribution >= 4 is 69.0 Å². The van der Waals surface area contributed by atoms with Gasteiger partial charge in [0, 0.05) is 18.5 Å². The van der Waals surface area contributed by atoms with Gasteiger partial charge < -0.3 is 9.67 Å². The van der Waals surface area contributed by atoms with Gasteiger partial charge >= 0.3 is 57.4 Å². The Morgan fingerprint density at radius 3 is 2.47 bits per heavy atom. The van der Waals surface area contributed by atoms with Crippen LogP contribution in [0.25, 0.3) is 22.5 Å². The van der Waals surface area contributed by atoms with Crippen molar-refractivity contribution in [3.05, 3.63) is 70.8 Å². The second-order valence-corrected chi connectivity index (χ2v) is 7.51. The number of tetrazole rings is 1. The molecule has 0 unspecified atom stereocenters. The molecule has 2 aromatic carbocycles. The van der Waals surface area contributed by atoms with Crippen molar-refractivity contribution in [3.63, 3.8) is 0 Å². The van der Waals surface area contributed by atoms with Crippen LogP contribution in [-0.2, 0) is 13.0 Å². The van der Waals surface area contributed by atoms with Gasteiger partial charge in [0.2, 0.25) is 0 Å². The average molecular weight is 477 g/mol. The van der Waals surface area contributed by atoms with Gasteiger partial charge in [0.1, 0.15) is 5.82 Å². The number of halogens is 1. The number of H-pyrrole nitrogens is 1. The first kappa shape index (κ1) is 24.8. The Bertz CT molecular complexity index is 1190. The first-order valence-electron chi connectivity index (χ1n) is 9.99. The molecule has 0 saturated heterocycles. The second-order valence-electron chi connectivity index (χ2n) is 7.15. The van der Waals surface area contributed by atoms with Crippen molar-refractivity contribution in [2.75, 3.05) is 0 Å². The maximum absolute atomic E-state index is 11.7. The molecule has 0 spiro atoms. The number of aromatic amines is 1. The van der Waals surface area contributed by atoms with Crippen LogP contribution < -0.4 is 0 Å². The summed E-state index contributed by atoms with van der Waals surface area (Å²) in [4.78, 5) is 16.0. The Labute approximate surface area is 232 Å². The summed E-state index contributed by atoms with van der Waals surface area (Å²) in [5.74, 6) is 0.211. The molecule has 0 aliphatic rings. The Morgan fingerprint density at radius 2 is 1.84 bits per heavy atom.